The van der Waals surface area contributed by atoms with Gasteiger partial charge in [-0.3, -0.25) is 9.59 Å². The molecular formula is C18H25N3O3. The summed E-state index contributed by atoms with van der Waals surface area (Å²) in [7, 11) is 0. The first-order chi connectivity index (χ1) is 11.6. The van der Waals surface area contributed by atoms with Crippen molar-refractivity contribution in [1.82, 2.24) is 10.6 Å². The van der Waals surface area contributed by atoms with E-state index >= 15 is 0 Å². The lowest BCUT2D eigenvalue weighted by atomic mass is 10.0. The van der Waals surface area contributed by atoms with Gasteiger partial charge in [-0.25, -0.2) is 0 Å². The van der Waals surface area contributed by atoms with Gasteiger partial charge in [0.1, 0.15) is 5.75 Å². The predicted octanol–water partition coefficient (Wildman–Crippen LogP) is 1.45. The van der Waals surface area contributed by atoms with Crippen LogP contribution in [0.15, 0.2) is 24.3 Å². The van der Waals surface area contributed by atoms with Crippen molar-refractivity contribution in [3.63, 3.8) is 0 Å². The number of hydrogen-bond donors (Lipinski definition) is 2. The molecule has 0 aliphatic carbocycles. The Morgan fingerprint density at radius 1 is 1.38 bits per heavy atom. The molecule has 2 saturated heterocycles. The largest absolute Gasteiger partial charge is 0.484 e. The van der Waals surface area contributed by atoms with Crippen molar-refractivity contribution in [1.29, 1.82) is 0 Å². The second-order valence-electron chi connectivity index (χ2n) is 6.58. The van der Waals surface area contributed by atoms with E-state index in [2.05, 4.69) is 17.6 Å². The first-order valence-electron chi connectivity index (χ1n) is 8.68. The predicted molar refractivity (Wildman–Crippen MR) is 92.2 cm³/mol. The minimum atomic E-state index is -0.0899. The number of carbonyl (C=O) groups excluding carboxylic acids is 2. The van der Waals surface area contributed by atoms with Crippen molar-refractivity contribution in [3.05, 3.63) is 24.3 Å². The van der Waals surface area contributed by atoms with Crippen molar-refractivity contribution in [2.24, 2.45) is 0 Å². The third kappa shape index (κ3) is 4.26. The Morgan fingerprint density at radius 3 is 2.83 bits per heavy atom. The van der Waals surface area contributed by atoms with E-state index < -0.39 is 0 Å². The molecule has 0 saturated carbocycles. The Bertz CT molecular complexity index is 588. The summed E-state index contributed by atoms with van der Waals surface area (Å²) in [4.78, 5) is 25.5. The normalized spacial score (nSPS) is 24.0. The molecule has 6 nitrogen and oxygen atoms in total. The summed E-state index contributed by atoms with van der Waals surface area (Å²) in [5.41, 5.74) is 0.887. The molecule has 2 amide bonds. The van der Waals surface area contributed by atoms with Crippen LogP contribution in [0.25, 0.3) is 0 Å². The highest BCUT2D eigenvalue weighted by molar-refractivity contribution is 5.95. The van der Waals surface area contributed by atoms with Crippen LogP contribution in [0.3, 0.4) is 0 Å². The van der Waals surface area contributed by atoms with E-state index in [1.54, 1.807) is 17.0 Å². The minimum Gasteiger partial charge on any atom is -0.484 e. The standard InChI is InChI=1S/C18H25N3O3/c1-13-11-14(8-9-19-13)20-17(22)12-24-16-6-4-15(5-7-16)21-10-2-3-18(21)23/h4-7,13-14,19H,2-3,8-12H2,1H3,(H,20,22). The van der Waals surface area contributed by atoms with Gasteiger partial charge in [0.25, 0.3) is 5.91 Å². The van der Waals surface area contributed by atoms with E-state index in [1.165, 1.54) is 0 Å². The van der Waals surface area contributed by atoms with Crippen LogP contribution >= 0.6 is 0 Å². The summed E-state index contributed by atoms with van der Waals surface area (Å²) < 4.78 is 5.55. The van der Waals surface area contributed by atoms with Gasteiger partial charge in [0, 0.05) is 30.7 Å². The molecule has 2 N–H and O–H groups in total. The second-order valence-corrected chi connectivity index (χ2v) is 6.58. The molecular weight excluding hydrogens is 306 g/mol. The Balaban J connectivity index is 1.46. The van der Waals surface area contributed by atoms with Crippen molar-refractivity contribution in [2.75, 3.05) is 24.6 Å². The lowest BCUT2D eigenvalue weighted by molar-refractivity contribution is -0.124. The molecule has 0 aromatic heterocycles. The minimum absolute atomic E-state index is 0.0142. The van der Waals surface area contributed by atoms with Crippen LogP contribution in [0.1, 0.15) is 32.6 Å². The van der Waals surface area contributed by atoms with Gasteiger partial charge >= 0.3 is 0 Å². The number of ether oxygens (including phenoxy) is 1. The van der Waals surface area contributed by atoms with Crippen molar-refractivity contribution in [3.8, 4) is 5.75 Å². The monoisotopic (exact) mass is 331 g/mol. The lowest BCUT2D eigenvalue weighted by Gasteiger charge is -2.28. The molecule has 0 radical (unpaired) electrons. The molecule has 0 spiro atoms. The maximum Gasteiger partial charge on any atom is 0.258 e. The Morgan fingerprint density at radius 2 is 2.17 bits per heavy atom. The molecule has 2 fully saturated rings. The molecule has 2 unspecified atom stereocenters. The fourth-order valence-corrected chi connectivity index (χ4v) is 3.32. The summed E-state index contributed by atoms with van der Waals surface area (Å²) >= 11 is 0. The number of anilines is 1. The maximum atomic E-state index is 12.0. The SMILES string of the molecule is CC1CC(NC(=O)COc2ccc(N3CCCC3=O)cc2)CCN1. The van der Waals surface area contributed by atoms with E-state index in [9.17, 15) is 9.59 Å². The van der Waals surface area contributed by atoms with Crippen LogP contribution in [0.4, 0.5) is 5.69 Å². The third-order valence-corrected chi connectivity index (χ3v) is 4.58. The van der Waals surface area contributed by atoms with E-state index in [0.717, 1.165) is 38.0 Å². The highest BCUT2D eigenvalue weighted by Gasteiger charge is 2.22. The van der Waals surface area contributed by atoms with Crippen molar-refractivity contribution >= 4 is 17.5 Å². The van der Waals surface area contributed by atoms with E-state index in [4.69, 9.17) is 4.74 Å². The fraction of sp³-hybridized carbons (Fsp3) is 0.556. The highest BCUT2D eigenvalue weighted by Crippen LogP contribution is 2.23. The molecule has 2 aliphatic heterocycles. The first-order valence-corrected chi connectivity index (χ1v) is 8.68. The molecule has 3 rings (SSSR count). The summed E-state index contributed by atoms with van der Waals surface area (Å²) in [6, 6.07) is 8.00. The van der Waals surface area contributed by atoms with Gasteiger partial charge in [0.2, 0.25) is 5.91 Å². The van der Waals surface area contributed by atoms with Gasteiger partial charge in [-0.15, -0.1) is 0 Å². The zero-order chi connectivity index (χ0) is 16.9. The van der Waals surface area contributed by atoms with Crippen LogP contribution in [0.2, 0.25) is 0 Å². The average Bonchev–Trinajstić information content (AvgIpc) is 2.99. The topological polar surface area (TPSA) is 70.7 Å². The zero-order valence-corrected chi connectivity index (χ0v) is 14.1. The van der Waals surface area contributed by atoms with Gasteiger partial charge in [0.15, 0.2) is 6.61 Å². The number of hydrogen-bond acceptors (Lipinski definition) is 4. The van der Waals surface area contributed by atoms with Crippen LogP contribution in [-0.4, -0.2) is 43.6 Å². The van der Waals surface area contributed by atoms with Crippen molar-refractivity contribution < 1.29 is 14.3 Å². The van der Waals surface area contributed by atoms with E-state index in [0.29, 0.717) is 18.2 Å². The number of amides is 2. The summed E-state index contributed by atoms with van der Waals surface area (Å²) in [5, 5.41) is 6.39. The number of benzene rings is 1. The molecule has 0 bridgehead atoms. The van der Waals surface area contributed by atoms with Crippen molar-refractivity contribution in [2.45, 2.75) is 44.7 Å². The summed E-state index contributed by atoms with van der Waals surface area (Å²) in [6.45, 7) is 3.85. The molecule has 2 aliphatic rings. The molecule has 130 valence electrons. The first kappa shape index (κ1) is 16.8. The Labute approximate surface area is 142 Å². The number of piperidine rings is 1. The number of carbonyl (C=O) groups is 2. The molecule has 24 heavy (non-hydrogen) atoms. The molecule has 2 atom stereocenters. The molecule has 1 aromatic carbocycles. The molecule has 2 heterocycles. The molecule has 1 aromatic rings. The summed E-state index contributed by atoms with van der Waals surface area (Å²) in [6.07, 6.45) is 3.43. The van der Waals surface area contributed by atoms with Crippen LogP contribution in [0, 0.1) is 0 Å². The van der Waals surface area contributed by atoms with E-state index in [-0.39, 0.29) is 24.5 Å². The second kappa shape index (κ2) is 7.66. The van der Waals surface area contributed by atoms with Gasteiger partial charge in [-0.2, -0.15) is 0 Å². The average molecular weight is 331 g/mol. The van der Waals surface area contributed by atoms with Crippen LogP contribution in [0.5, 0.6) is 5.75 Å². The summed E-state index contributed by atoms with van der Waals surface area (Å²) in [5.74, 6) is 0.714. The highest BCUT2D eigenvalue weighted by atomic mass is 16.5. The van der Waals surface area contributed by atoms with E-state index in [1.807, 2.05) is 12.1 Å². The fourth-order valence-electron chi connectivity index (χ4n) is 3.32. The van der Waals surface area contributed by atoms with Gasteiger partial charge in [-0.05, 0) is 57.0 Å². The quantitative estimate of drug-likeness (QED) is 0.857. The van der Waals surface area contributed by atoms with Gasteiger partial charge < -0.3 is 20.3 Å². The third-order valence-electron chi connectivity index (χ3n) is 4.58. The van der Waals surface area contributed by atoms with Gasteiger partial charge in [0.05, 0.1) is 0 Å². The van der Waals surface area contributed by atoms with Crippen LogP contribution in [-0.2, 0) is 9.59 Å². The number of rotatable bonds is 5. The Kier molecular flexibility index (Phi) is 5.35. The number of nitrogens with zero attached hydrogens (tertiary/aromatic N) is 1. The zero-order valence-electron chi connectivity index (χ0n) is 14.1. The maximum absolute atomic E-state index is 12.0. The number of nitrogens with one attached hydrogen (secondary N) is 2. The smallest absolute Gasteiger partial charge is 0.258 e. The lowest BCUT2D eigenvalue weighted by Crippen LogP contribution is -2.47. The Hall–Kier alpha value is -2.08. The van der Waals surface area contributed by atoms with Gasteiger partial charge in [-0.1, -0.05) is 0 Å². The molecule has 6 heteroatoms. The van der Waals surface area contributed by atoms with Crippen LogP contribution < -0.4 is 20.3 Å².